The normalized spacial score (nSPS) is 29.7. The molecule has 2 aliphatic rings. The maximum absolute atomic E-state index is 5.67. The lowest BCUT2D eigenvalue weighted by molar-refractivity contribution is -0.0632. The van der Waals surface area contributed by atoms with E-state index < -0.39 is 0 Å². The summed E-state index contributed by atoms with van der Waals surface area (Å²) < 4.78 is 5.14. The maximum Gasteiger partial charge on any atom is 0.0519 e. The smallest absolute Gasteiger partial charge is 0.0519 e. The van der Waals surface area contributed by atoms with Gasteiger partial charge in [-0.25, -0.2) is 0 Å². The van der Waals surface area contributed by atoms with E-state index in [-0.39, 0.29) is 0 Å². The molecule has 1 aliphatic heterocycles. The highest BCUT2D eigenvalue weighted by molar-refractivity contribution is 4.88. The van der Waals surface area contributed by atoms with E-state index in [9.17, 15) is 0 Å². The fourth-order valence-corrected chi connectivity index (χ4v) is 1.80. The molecular formula is C8H15NO. The standard InChI is InChI=1S/C8H15NO/c9-3-8(6-1-2-6)7-4-10-5-7/h6-8H,1-5,9H2. The average molecular weight is 141 g/mol. The van der Waals surface area contributed by atoms with Crippen molar-refractivity contribution in [3.05, 3.63) is 0 Å². The third-order valence-corrected chi connectivity index (χ3v) is 2.77. The van der Waals surface area contributed by atoms with Gasteiger partial charge in [-0.1, -0.05) is 0 Å². The Hall–Kier alpha value is -0.0800. The summed E-state index contributed by atoms with van der Waals surface area (Å²) in [6.07, 6.45) is 2.83. The van der Waals surface area contributed by atoms with Crippen molar-refractivity contribution in [3.8, 4) is 0 Å². The molecule has 0 aromatic heterocycles. The van der Waals surface area contributed by atoms with Gasteiger partial charge in [-0.3, -0.25) is 0 Å². The van der Waals surface area contributed by atoms with E-state index in [1.54, 1.807) is 0 Å². The number of hydrogen-bond donors (Lipinski definition) is 1. The van der Waals surface area contributed by atoms with Crippen LogP contribution in [0.1, 0.15) is 12.8 Å². The van der Waals surface area contributed by atoms with Crippen LogP contribution in [0.25, 0.3) is 0 Å². The quantitative estimate of drug-likeness (QED) is 0.625. The molecule has 0 amide bonds. The zero-order valence-electron chi connectivity index (χ0n) is 6.25. The molecule has 2 heteroatoms. The van der Waals surface area contributed by atoms with Crippen LogP contribution in [0.5, 0.6) is 0 Å². The highest BCUT2D eigenvalue weighted by Gasteiger charge is 2.38. The molecule has 1 saturated heterocycles. The number of rotatable bonds is 3. The molecule has 0 aromatic carbocycles. The van der Waals surface area contributed by atoms with Crippen LogP contribution in [0.3, 0.4) is 0 Å². The number of ether oxygens (including phenoxy) is 1. The van der Waals surface area contributed by atoms with Crippen LogP contribution in [0.4, 0.5) is 0 Å². The van der Waals surface area contributed by atoms with Gasteiger partial charge in [-0.05, 0) is 31.2 Å². The van der Waals surface area contributed by atoms with Crippen molar-refractivity contribution >= 4 is 0 Å². The molecule has 0 spiro atoms. The van der Waals surface area contributed by atoms with Crippen molar-refractivity contribution in [3.63, 3.8) is 0 Å². The average Bonchev–Trinajstić information content (AvgIpc) is 2.58. The van der Waals surface area contributed by atoms with Crippen LogP contribution in [0.15, 0.2) is 0 Å². The van der Waals surface area contributed by atoms with Crippen LogP contribution in [-0.4, -0.2) is 19.8 Å². The molecule has 0 radical (unpaired) electrons. The van der Waals surface area contributed by atoms with Gasteiger partial charge in [-0.15, -0.1) is 0 Å². The largest absolute Gasteiger partial charge is 0.381 e. The summed E-state index contributed by atoms with van der Waals surface area (Å²) >= 11 is 0. The summed E-state index contributed by atoms with van der Waals surface area (Å²) in [4.78, 5) is 0. The SMILES string of the molecule is NCC(C1CC1)C1COC1. The lowest BCUT2D eigenvalue weighted by atomic mass is 9.87. The minimum Gasteiger partial charge on any atom is -0.381 e. The summed E-state index contributed by atoms with van der Waals surface area (Å²) in [6.45, 7) is 2.81. The van der Waals surface area contributed by atoms with E-state index in [0.717, 1.165) is 37.5 Å². The molecule has 58 valence electrons. The molecule has 10 heavy (non-hydrogen) atoms. The van der Waals surface area contributed by atoms with E-state index >= 15 is 0 Å². The fourth-order valence-electron chi connectivity index (χ4n) is 1.80. The zero-order valence-corrected chi connectivity index (χ0v) is 6.25. The molecule has 0 aromatic rings. The first-order valence-electron chi connectivity index (χ1n) is 4.19. The highest BCUT2D eigenvalue weighted by Crippen LogP contribution is 2.41. The van der Waals surface area contributed by atoms with Gasteiger partial charge in [0, 0.05) is 5.92 Å². The Morgan fingerprint density at radius 1 is 1.30 bits per heavy atom. The van der Waals surface area contributed by atoms with Crippen molar-refractivity contribution in [1.29, 1.82) is 0 Å². The van der Waals surface area contributed by atoms with Crippen LogP contribution < -0.4 is 5.73 Å². The summed E-state index contributed by atoms with van der Waals surface area (Å²) in [5.74, 6) is 2.55. The predicted octanol–water partition coefficient (Wildman–Crippen LogP) is 0.618. The molecule has 0 bridgehead atoms. The Labute approximate surface area is 61.7 Å². The van der Waals surface area contributed by atoms with Gasteiger partial charge >= 0.3 is 0 Å². The first kappa shape index (κ1) is 6.62. The van der Waals surface area contributed by atoms with E-state index in [1.165, 1.54) is 12.8 Å². The van der Waals surface area contributed by atoms with Gasteiger partial charge in [0.1, 0.15) is 0 Å². The van der Waals surface area contributed by atoms with Gasteiger partial charge in [0.05, 0.1) is 13.2 Å². The van der Waals surface area contributed by atoms with E-state index in [0.29, 0.717) is 0 Å². The molecular weight excluding hydrogens is 126 g/mol. The minimum absolute atomic E-state index is 0.786. The van der Waals surface area contributed by atoms with Crippen molar-refractivity contribution in [2.75, 3.05) is 19.8 Å². The Morgan fingerprint density at radius 2 is 2.00 bits per heavy atom. The second kappa shape index (κ2) is 2.51. The van der Waals surface area contributed by atoms with Crippen molar-refractivity contribution < 1.29 is 4.74 Å². The van der Waals surface area contributed by atoms with E-state index in [1.807, 2.05) is 0 Å². The fraction of sp³-hybridized carbons (Fsp3) is 1.00. The Balaban J connectivity index is 1.84. The van der Waals surface area contributed by atoms with Crippen LogP contribution in [0, 0.1) is 17.8 Å². The van der Waals surface area contributed by atoms with Gasteiger partial charge in [0.2, 0.25) is 0 Å². The minimum atomic E-state index is 0.786. The summed E-state index contributed by atoms with van der Waals surface area (Å²) in [6, 6.07) is 0. The highest BCUT2D eigenvalue weighted by atomic mass is 16.5. The van der Waals surface area contributed by atoms with Crippen molar-refractivity contribution in [2.45, 2.75) is 12.8 Å². The zero-order chi connectivity index (χ0) is 6.97. The molecule has 2 N–H and O–H groups in total. The number of nitrogens with two attached hydrogens (primary N) is 1. The first-order valence-corrected chi connectivity index (χ1v) is 4.19. The van der Waals surface area contributed by atoms with Crippen molar-refractivity contribution in [1.82, 2.24) is 0 Å². The lowest BCUT2D eigenvalue weighted by Crippen LogP contribution is -2.39. The number of hydrogen-bond acceptors (Lipinski definition) is 2. The molecule has 1 atom stereocenters. The molecule has 2 rings (SSSR count). The Morgan fingerprint density at radius 3 is 2.30 bits per heavy atom. The topological polar surface area (TPSA) is 35.2 Å². The third kappa shape index (κ3) is 1.06. The van der Waals surface area contributed by atoms with Crippen LogP contribution in [-0.2, 0) is 4.74 Å². The van der Waals surface area contributed by atoms with Crippen LogP contribution >= 0.6 is 0 Å². The molecule has 1 unspecified atom stereocenters. The van der Waals surface area contributed by atoms with Crippen molar-refractivity contribution in [2.24, 2.45) is 23.5 Å². The summed E-state index contributed by atoms with van der Waals surface area (Å²) in [7, 11) is 0. The monoisotopic (exact) mass is 141 g/mol. The predicted molar refractivity (Wildman–Crippen MR) is 39.6 cm³/mol. The molecule has 1 heterocycles. The second-order valence-corrected chi connectivity index (χ2v) is 3.53. The second-order valence-electron chi connectivity index (χ2n) is 3.53. The summed E-state index contributed by atoms with van der Waals surface area (Å²) in [5, 5.41) is 0. The molecule has 2 fully saturated rings. The maximum atomic E-state index is 5.67. The van der Waals surface area contributed by atoms with E-state index in [4.69, 9.17) is 10.5 Å². The lowest BCUT2D eigenvalue weighted by Gasteiger charge is -2.33. The summed E-state index contributed by atoms with van der Waals surface area (Å²) in [5.41, 5.74) is 5.67. The van der Waals surface area contributed by atoms with E-state index in [2.05, 4.69) is 0 Å². The Kier molecular flexibility index (Phi) is 1.66. The van der Waals surface area contributed by atoms with Gasteiger partial charge in [-0.2, -0.15) is 0 Å². The van der Waals surface area contributed by atoms with Crippen LogP contribution in [0.2, 0.25) is 0 Å². The van der Waals surface area contributed by atoms with Gasteiger partial charge in [0.15, 0.2) is 0 Å². The molecule has 2 nitrogen and oxygen atoms in total. The first-order chi connectivity index (χ1) is 4.92. The van der Waals surface area contributed by atoms with Gasteiger partial charge in [0.25, 0.3) is 0 Å². The molecule has 1 saturated carbocycles. The molecule has 1 aliphatic carbocycles. The third-order valence-electron chi connectivity index (χ3n) is 2.77. The van der Waals surface area contributed by atoms with Gasteiger partial charge < -0.3 is 10.5 Å². The Bertz CT molecular complexity index is 118.